The summed E-state index contributed by atoms with van der Waals surface area (Å²) in [5.41, 5.74) is 2.08. The number of nitrogens with zero attached hydrogens (tertiary/aromatic N) is 1. The largest absolute Gasteiger partial charge is 0.310 e. The normalized spacial score (nSPS) is 9.94. The van der Waals surface area contributed by atoms with Crippen LogP contribution < -0.4 is 5.32 Å². The minimum atomic E-state index is -0.0469. The highest BCUT2D eigenvalue weighted by Gasteiger charge is 2.04. The SMILES string of the molecule is Cc1ccnc(NC(=O)Cc2ccccc2)c1. The molecule has 86 valence electrons. The van der Waals surface area contributed by atoms with Crippen LogP contribution in [0.15, 0.2) is 48.7 Å². The second-order valence-electron chi connectivity index (χ2n) is 3.93. The minimum absolute atomic E-state index is 0.0469. The number of pyridine rings is 1. The number of nitrogens with one attached hydrogen (secondary N) is 1. The molecule has 0 saturated heterocycles. The van der Waals surface area contributed by atoms with Crippen LogP contribution in [-0.4, -0.2) is 10.9 Å². The van der Waals surface area contributed by atoms with E-state index in [0.29, 0.717) is 12.2 Å². The van der Waals surface area contributed by atoms with E-state index in [-0.39, 0.29) is 5.91 Å². The molecule has 0 unspecified atom stereocenters. The van der Waals surface area contributed by atoms with Crippen molar-refractivity contribution >= 4 is 11.7 Å². The molecule has 0 fully saturated rings. The van der Waals surface area contributed by atoms with Crippen LogP contribution in [0.1, 0.15) is 11.1 Å². The van der Waals surface area contributed by atoms with Crippen molar-refractivity contribution in [3.63, 3.8) is 0 Å². The molecular weight excluding hydrogens is 212 g/mol. The molecule has 0 bridgehead atoms. The van der Waals surface area contributed by atoms with Gasteiger partial charge in [-0.3, -0.25) is 4.79 Å². The lowest BCUT2D eigenvalue weighted by atomic mass is 10.1. The molecule has 1 N–H and O–H groups in total. The van der Waals surface area contributed by atoms with Crippen molar-refractivity contribution in [3.8, 4) is 0 Å². The summed E-state index contributed by atoms with van der Waals surface area (Å²) in [4.78, 5) is 15.8. The van der Waals surface area contributed by atoms with Crippen LogP contribution in [0.4, 0.5) is 5.82 Å². The van der Waals surface area contributed by atoms with Gasteiger partial charge in [-0.2, -0.15) is 0 Å². The van der Waals surface area contributed by atoms with Crippen molar-refractivity contribution in [1.82, 2.24) is 4.98 Å². The first-order chi connectivity index (χ1) is 8.24. The van der Waals surface area contributed by atoms with Crippen LogP contribution >= 0.6 is 0 Å². The van der Waals surface area contributed by atoms with Crippen molar-refractivity contribution in [1.29, 1.82) is 0 Å². The Morgan fingerprint density at radius 3 is 2.71 bits per heavy atom. The van der Waals surface area contributed by atoms with Gasteiger partial charge < -0.3 is 5.32 Å². The van der Waals surface area contributed by atoms with Gasteiger partial charge in [-0.05, 0) is 30.2 Å². The Morgan fingerprint density at radius 1 is 1.24 bits per heavy atom. The summed E-state index contributed by atoms with van der Waals surface area (Å²) in [6.07, 6.45) is 2.06. The second kappa shape index (κ2) is 5.25. The number of anilines is 1. The van der Waals surface area contributed by atoms with Gasteiger partial charge in [-0.25, -0.2) is 4.98 Å². The van der Waals surface area contributed by atoms with Crippen molar-refractivity contribution in [2.75, 3.05) is 5.32 Å². The Morgan fingerprint density at radius 2 is 2.00 bits per heavy atom. The van der Waals surface area contributed by atoms with Crippen LogP contribution in [0.25, 0.3) is 0 Å². The molecule has 1 aromatic heterocycles. The second-order valence-corrected chi connectivity index (χ2v) is 3.93. The molecule has 17 heavy (non-hydrogen) atoms. The zero-order chi connectivity index (χ0) is 12.1. The van der Waals surface area contributed by atoms with Gasteiger partial charge in [0.25, 0.3) is 0 Å². The van der Waals surface area contributed by atoms with E-state index >= 15 is 0 Å². The number of aryl methyl sites for hydroxylation is 1. The van der Waals surface area contributed by atoms with Crippen LogP contribution in [0.2, 0.25) is 0 Å². The number of carbonyl (C=O) groups is 1. The highest BCUT2D eigenvalue weighted by molar-refractivity contribution is 5.91. The fourth-order valence-electron chi connectivity index (χ4n) is 1.57. The molecule has 0 radical (unpaired) electrons. The summed E-state index contributed by atoms with van der Waals surface area (Å²) in [5, 5.41) is 2.78. The van der Waals surface area contributed by atoms with E-state index in [1.54, 1.807) is 6.20 Å². The summed E-state index contributed by atoms with van der Waals surface area (Å²) in [6.45, 7) is 1.97. The summed E-state index contributed by atoms with van der Waals surface area (Å²) >= 11 is 0. The predicted octanol–water partition coefficient (Wildman–Crippen LogP) is 2.57. The standard InChI is InChI=1S/C14H14N2O/c1-11-7-8-15-13(9-11)16-14(17)10-12-5-3-2-4-6-12/h2-9H,10H2,1H3,(H,15,16,17). The lowest BCUT2D eigenvalue weighted by molar-refractivity contribution is -0.115. The summed E-state index contributed by atoms with van der Waals surface area (Å²) in [6, 6.07) is 13.4. The van der Waals surface area contributed by atoms with Crippen molar-refractivity contribution in [2.45, 2.75) is 13.3 Å². The maximum absolute atomic E-state index is 11.7. The number of hydrogen-bond donors (Lipinski definition) is 1. The lowest BCUT2D eigenvalue weighted by Gasteiger charge is -2.04. The summed E-state index contributed by atoms with van der Waals surface area (Å²) < 4.78 is 0. The summed E-state index contributed by atoms with van der Waals surface area (Å²) in [5.74, 6) is 0.556. The van der Waals surface area contributed by atoms with Crippen molar-refractivity contribution in [3.05, 3.63) is 59.8 Å². The highest BCUT2D eigenvalue weighted by atomic mass is 16.1. The molecule has 1 amide bonds. The quantitative estimate of drug-likeness (QED) is 0.874. The molecule has 2 rings (SSSR count). The third-order valence-electron chi connectivity index (χ3n) is 2.39. The smallest absolute Gasteiger partial charge is 0.229 e. The first-order valence-electron chi connectivity index (χ1n) is 5.50. The number of benzene rings is 1. The molecular formula is C14H14N2O. The number of aromatic nitrogens is 1. The maximum Gasteiger partial charge on any atom is 0.229 e. The third-order valence-corrected chi connectivity index (χ3v) is 2.39. The average Bonchev–Trinajstić information content (AvgIpc) is 2.30. The fourth-order valence-corrected chi connectivity index (χ4v) is 1.57. The van der Waals surface area contributed by atoms with Gasteiger partial charge in [0.2, 0.25) is 5.91 Å². The van der Waals surface area contributed by atoms with E-state index in [4.69, 9.17) is 0 Å². The molecule has 3 nitrogen and oxygen atoms in total. The minimum Gasteiger partial charge on any atom is -0.310 e. The van der Waals surface area contributed by atoms with Crippen LogP contribution in [0.5, 0.6) is 0 Å². The Bertz CT molecular complexity index is 509. The predicted molar refractivity (Wildman–Crippen MR) is 67.7 cm³/mol. The molecule has 1 aromatic carbocycles. The van der Waals surface area contributed by atoms with Crippen molar-refractivity contribution in [2.24, 2.45) is 0 Å². The molecule has 0 aliphatic carbocycles. The molecule has 2 aromatic rings. The van der Waals surface area contributed by atoms with Gasteiger partial charge in [-0.1, -0.05) is 30.3 Å². The number of amides is 1. The Labute approximate surface area is 101 Å². The molecule has 0 saturated carbocycles. The van der Waals surface area contributed by atoms with E-state index in [9.17, 15) is 4.79 Å². The zero-order valence-electron chi connectivity index (χ0n) is 9.68. The van der Waals surface area contributed by atoms with E-state index in [2.05, 4.69) is 10.3 Å². The Kier molecular flexibility index (Phi) is 3.50. The maximum atomic E-state index is 11.7. The van der Waals surface area contributed by atoms with E-state index < -0.39 is 0 Å². The van der Waals surface area contributed by atoms with Crippen LogP contribution in [0.3, 0.4) is 0 Å². The Hall–Kier alpha value is -2.16. The van der Waals surface area contributed by atoms with E-state index in [1.165, 1.54) is 0 Å². The zero-order valence-corrected chi connectivity index (χ0v) is 9.68. The molecule has 0 spiro atoms. The van der Waals surface area contributed by atoms with Gasteiger partial charge >= 0.3 is 0 Å². The third kappa shape index (κ3) is 3.41. The first kappa shape index (κ1) is 11.3. The topological polar surface area (TPSA) is 42.0 Å². The molecule has 1 heterocycles. The van der Waals surface area contributed by atoms with Gasteiger partial charge in [0.15, 0.2) is 0 Å². The Balaban J connectivity index is 1.98. The monoisotopic (exact) mass is 226 g/mol. The molecule has 3 heteroatoms. The number of hydrogen-bond acceptors (Lipinski definition) is 2. The molecule has 0 aliphatic rings. The molecule has 0 aliphatic heterocycles. The van der Waals surface area contributed by atoms with E-state index in [1.807, 2.05) is 49.4 Å². The van der Waals surface area contributed by atoms with Crippen molar-refractivity contribution < 1.29 is 4.79 Å². The number of rotatable bonds is 3. The molecule has 0 atom stereocenters. The first-order valence-corrected chi connectivity index (χ1v) is 5.50. The average molecular weight is 226 g/mol. The number of carbonyl (C=O) groups excluding carboxylic acids is 1. The highest BCUT2D eigenvalue weighted by Crippen LogP contribution is 2.06. The van der Waals surface area contributed by atoms with E-state index in [0.717, 1.165) is 11.1 Å². The van der Waals surface area contributed by atoms with Gasteiger partial charge in [0, 0.05) is 6.20 Å². The lowest BCUT2D eigenvalue weighted by Crippen LogP contribution is -2.15. The van der Waals surface area contributed by atoms with Gasteiger partial charge in [-0.15, -0.1) is 0 Å². The van der Waals surface area contributed by atoms with Gasteiger partial charge in [0.05, 0.1) is 6.42 Å². The van der Waals surface area contributed by atoms with Gasteiger partial charge in [0.1, 0.15) is 5.82 Å². The van der Waals surface area contributed by atoms with Crippen LogP contribution in [-0.2, 0) is 11.2 Å². The van der Waals surface area contributed by atoms with Crippen LogP contribution in [0, 0.1) is 6.92 Å². The summed E-state index contributed by atoms with van der Waals surface area (Å²) in [7, 11) is 0. The fraction of sp³-hybridized carbons (Fsp3) is 0.143.